The van der Waals surface area contributed by atoms with Crippen molar-refractivity contribution in [1.82, 2.24) is 5.32 Å². The zero-order valence-corrected chi connectivity index (χ0v) is 10.8. The first-order valence-electron chi connectivity index (χ1n) is 6.61. The largest absolute Gasteiger partial charge is 0.391 e. The molecule has 1 saturated carbocycles. The molecule has 0 amide bonds. The van der Waals surface area contributed by atoms with E-state index in [0.717, 1.165) is 19.3 Å². The zero-order chi connectivity index (χ0) is 12.3. The topological polar surface area (TPSA) is 32.3 Å². The molecule has 94 valence electrons. The van der Waals surface area contributed by atoms with Crippen molar-refractivity contribution in [2.24, 2.45) is 11.8 Å². The lowest BCUT2D eigenvalue weighted by Gasteiger charge is -2.20. The molecule has 1 unspecified atom stereocenters. The highest BCUT2D eigenvalue weighted by Gasteiger charge is 2.38. The van der Waals surface area contributed by atoms with Crippen LogP contribution in [0.1, 0.15) is 25.3 Å². The fourth-order valence-electron chi connectivity index (χ4n) is 3.13. The number of hydrogen-bond acceptors (Lipinski definition) is 2. The van der Waals surface area contributed by atoms with Crippen LogP contribution in [0.25, 0.3) is 0 Å². The highest BCUT2D eigenvalue weighted by molar-refractivity contribution is 5.15. The van der Waals surface area contributed by atoms with Crippen LogP contribution in [-0.2, 0) is 6.42 Å². The third-order valence-electron chi connectivity index (χ3n) is 4.12. The third kappa shape index (κ3) is 2.88. The molecule has 4 atom stereocenters. The molecule has 2 N–H and O–H groups in total. The van der Waals surface area contributed by atoms with Gasteiger partial charge in [0.2, 0.25) is 0 Å². The predicted molar refractivity (Wildman–Crippen MR) is 70.9 cm³/mol. The maximum Gasteiger partial charge on any atom is 0.0724 e. The number of hydrogen-bond donors (Lipinski definition) is 2. The van der Waals surface area contributed by atoms with E-state index in [2.05, 4.69) is 36.5 Å². The van der Waals surface area contributed by atoms with Gasteiger partial charge in [-0.25, -0.2) is 0 Å². The number of likely N-dealkylation sites (N-methyl/N-ethyl adjacent to an activating group) is 1. The summed E-state index contributed by atoms with van der Waals surface area (Å²) in [6.45, 7) is 2.23. The molecule has 2 rings (SSSR count). The van der Waals surface area contributed by atoms with Gasteiger partial charge in [-0.2, -0.15) is 0 Å². The van der Waals surface area contributed by atoms with E-state index in [4.69, 9.17) is 0 Å². The van der Waals surface area contributed by atoms with Crippen LogP contribution in [0.4, 0.5) is 0 Å². The van der Waals surface area contributed by atoms with Crippen LogP contribution in [-0.4, -0.2) is 24.3 Å². The summed E-state index contributed by atoms with van der Waals surface area (Å²) in [7, 11) is 1.95. The van der Waals surface area contributed by atoms with Crippen LogP contribution in [0.2, 0.25) is 0 Å². The van der Waals surface area contributed by atoms with E-state index in [9.17, 15) is 5.11 Å². The fraction of sp³-hybridized carbons (Fsp3) is 0.600. The Morgan fingerprint density at radius 3 is 2.59 bits per heavy atom. The maximum atomic E-state index is 10.2. The van der Waals surface area contributed by atoms with Crippen molar-refractivity contribution in [3.63, 3.8) is 0 Å². The smallest absolute Gasteiger partial charge is 0.0724 e. The van der Waals surface area contributed by atoms with Crippen LogP contribution in [0.5, 0.6) is 0 Å². The van der Waals surface area contributed by atoms with Crippen LogP contribution in [0.15, 0.2) is 30.3 Å². The van der Waals surface area contributed by atoms with Crippen molar-refractivity contribution >= 4 is 0 Å². The molecule has 0 radical (unpaired) electrons. The van der Waals surface area contributed by atoms with Gasteiger partial charge in [0.25, 0.3) is 0 Å². The average Bonchev–Trinajstić information content (AvgIpc) is 2.63. The third-order valence-corrected chi connectivity index (χ3v) is 4.12. The summed E-state index contributed by atoms with van der Waals surface area (Å²) in [5, 5.41) is 13.5. The molecule has 0 aliphatic heterocycles. The number of rotatable bonds is 4. The molecule has 2 nitrogen and oxygen atoms in total. The van der Waals surface area contributed by atoms with Gasteiger partial charge >= 0.3 is 0 Å². The molecule has 1 aliphatic carbocycles. The minimum atomic E-state index is -0.182. The lowest BCUT2D eigenvalue weighted by Crippen LogP contribution is -2.38. The molecule has 0 saturated heterocycles. The lowest BCUT2D eigenvalue weighted by molar-refractivity contribution is 0.101. The Balaban J connectivity index is 1.88. The van der Waals surface area contributed by atoms with Crippen molar-refractivity contribution in [2.45, 2.75) is 38.3 Å². The average molecular weight is 233 g/mol. The van der Waals surface area contributed by atoms with Crippen LogP contribution in [0, 0.1) is 11.8 Å². The number of aryl methyl sites for hydroxylation is 1. The molecule has 17 heavy (non-hydrogen) atoms. The predicted octanol–water partition coefficient (Wildman–Crippen LogP) is 2.22. The fourth-order valence-corrected chi connectivity index (χ4v) is 3.13. The SMILES string of the molecule is CNC1[C@@H](C)C[C@@H](CCc2ccccc2)[C@H]1O. The van der Waals surface area contributed by atoms with Crippen molar-refractivity contribution in [3.05, 3.63) is 35.9 Å². The summed E-state index contributed by atoms with van der Waals surface area (Å²) in [6.07, 6.45) is 3.12. The molecule has 1 fully saturated rings. The van der Waals surface area contributed by atoms with E-state index in [-0.39, 0.29) is 12.1 Å². The highest BCUT2D eigenvalue weighted by atomic mass is 16.3. The summed E-state index contributed by atoms with van der Waals surface area (Å²) in [4.78, 5) is 0. The maximum absolute atomic E-state index is 10.2. The van der Waals surface area contributed by atoms with E-state index in [1.165, 1.54) is 5.56 Å². The minimum absolute atomic E-state index is 0.182. The first-order chi connectivity index (χ1) is 8.22. The molecule has 0 aromatic heterocycles. The standard InChI is InChI=1S/C15H23NO/c1-11-10-13(15(17)14(11)16-2)9-8-12-6-4-3-5-7-12/h3-7,11,13-17H,8-10H2,1-2H3/t11-,13+,14?,15+/m0/s1. The van der Waals surface area contributed by atoms with Gasteiger partial charge in [0.15, 0.2) is 0 Å². The van der Waals surface area contributed by atoms with Gasteiger partial charge in [0.05, 0.1) is 6.10 Å². The second kappa shape index (κ2) is 5.65. The van der Waals surface area contributed by atoms with E-state index in [1.807, 2.05) is 13.1 Å². The molecule has 2 heteroatoms. The van der Waals surface area contributed by atoms with E-state index < -0.39 is 0 Å². The van der Waals surface area contributed by atoms with Crippen LogP contribution < -0.4 is 5.32 Å². The number of aliphatic hydroxyl groups is 1. The Hall–Kier alpha value is -0.860. The summed E-state index contributed by atoms with van der Waals surface area (Å²) in [6, 6.07) is 10.8. The Kier molecular flexibility index (Phi) is 4.19. The van der Waals surface area contributed by atoms with Gasteiger partial charge in [-0.05, 0) is 43.7 Å². The second-order valence-corrected chi connectivity index (χ2v) is 5.30. The molecule has 1 aromatic carbocycles. The molecule has 0 bridgehead atoms. The van der Waals surface area contributed by atoms with E-state index in [0.29, 0.717) is 11.8 Å². The van der Waals surface area contributed by atoms with Crippen molar-refractivity contribution < 1.29 is 5.11 Å². The molecule has 1 aromatic rings. The monoisotopic (exact) mass is 233 g/mol. The molecular formula is C15H23NO. The lowest BCUT2D eigenvalue weighted by atomic mass is 9.96. The van der Waals surface area contributed by atoms with E-state index in [1.54, 1.807) is 0 Å². The summed E-state index contributed by atoms with van der Waals surface area (Å²) < 4.78 is 0. The van der Waals surface area contributed by atoms with Crippen molar-refractivity contribution in [2.75, 3.05) is 7.05 Å². The minimum Gasteiger partial charge on any atom is -0.391 e. The van der Waals surface area contributed by atoms with Gasteiger partial charge in [-0.1, -0.05) is 37.3 Å². The Bertz CT molecular complexity index is 338. The van der Waals surface area contributed by atoms with Gasteiger partial charge in [-0.15, -0.1) is 0 Å². The number of aliphatic hydroxyl groups excluding tert-OH is 1. The molecule has 1 aliphatic rings. The first-order valence-corrected chi connectivity index (χ1v) is 6.61. The highest BCUT2D eigenvalue weighted by Crippen LogP contribution is 2.34. The van der Waals surface area contributed by atoms with Gasteiger partial charge in [0.1, 0.15) is 0 Å². The summed E-state index contributed by atoms with van der Waals surface area (Å²) >= 11 is 0. The molecular weight excluding hydrogens is 210 g/mol. The number of benzene rings is 1. The quantitative estimate of drug-likeness (QED) is 0.836. The summed E-state index contributed by atoms with van der Waals surface area (Å²) in [5.74, 6) is 1.03. The van der Waals surface area contributed by atoms with Gasteiger partial charge in [0, 0.05) is 6.04 Å². The Morgan fingerprint density at radius 2 is 2.00 bits per heavy atom. The second-order valence-electron chi connectivity index (χ2n) is 5.30. The normalized spacial score (nSPS) is 32.9. The first kappa shape index (κ1) is 12.6. The molecule has 0 heterocycles. The van der Waals surface area contributed by atoms with E-state index >= 15 is 0 Å². The van der Waals surface area contributed by atoms with Gasteiger partial charge < -0.3 is 10.4 Å². The Morgan fingerprint density at radius 1 is 1.29 bits per heavy atom. The Labute approximate surface area is 104 Å². The van der Waals surface area contributed by atoms with Gasteiger partial charge in [-0.3, -0.25) is 0 Å². The van der Waals surface area contributed by atoms with Crippen LogP contribution >= 0.6 is 0 Å². The van der Waals surface area contributed by atoms with Crippen molar-refractivity contribution in [3.8, 4) is 0 Å². The zero-order valence-electron chi connectivity index (χ0n) is 10.8. The molecule has 0 spiro atoms. The number of nitrogens with one attached hydrogen (secondary N) is 1. The summed E-state index contributed by atoms with van der Waals surface area (Å²) in [5.41, 5.74) is 1.38. The van der Waals surface area contributed by atoms with Crippen LogP contribution in [0.3, 0.4) is 0 Å². The van der Waals surface area contributed by atoms with Crippen molar-refractivity contribution in [1.29, 1.82) is 0 Å².